The molecule has 5 unspecified atom stereocenters. The first-order valence-corrected chi connectivity index (χ1v) is 5.97. The predicted octanol–water partition coefficient (Wildman–Crippen LogP) is 1.42. The third-order valence-corrected chi connectivity index (χ3v) is 4.43. The maximum atomic E-state index is 11.6. The van der Waals surface area contributed by atoms with Crippen LogP contribution in [-0.2, 0) is 14.3 Å². The molecule has 90 valence electrons. The highest BCUT2D eigenvalue weighted by Gasteiger charge is 2.66. The predicted molar refractivity (Wildman–Crippen MR) is 58.7 cm³/mol. The molecule has 2 saturated carbocycles. The van der Waals surface area contributed by atoms with Crippen molar-refractivity contribution in [1.29, 1.82) is 5.26 Å². The Labute approximate surface area is 100 Å². The Bertz CT molecular complexity index is 438. The van der Waals surface area contributed by atoms with E-state index in [0.717, 1.165) is 12.8 Å². The highest BCUT2D eigenvalue weighted by Crippen LogP contribution is 2.61. The number of carbonyl (C=O) groups excluding carboxylic acids is 1. The van der Waals surface area contributed by atoms with Crippen LogP contribution >= 0.6 is 0 Å². The molecule has 3 fully saturated rings. The van der Waals surface area contributed by atoms with Gasteiger partial charge in [-0.05, 0) is 19.8 Å². The summed E-state index contributed by atoms with van der Waals surface area (Å²) >= 11 is 0. The Kier molecular flexibility index (Phi) is 2.11. The average molecular weight is 233 g/mol. The second-order valence-electron chi connectivity index (χ2n) is 5.50. The largest absolute Gasteiger partial charge is 0.456 e. The van der Waals surface area contributed by atoms with Crippen LogP contribution in [0.25, 0.3) is 0 Å². The summed E-state index contributed by atoms with van der Waals surface area (Å²) in [5.74, 6) is 0.191. The Morgan fingerprint density at radius 3 is 3.06 bits per heavy atom. The van der Waals surface area contributed by atoms with Crippen LogP contribution in [0.1, 0.15) is 19.8 Å². The van der Waals surface area contributed by atoms with Gasteiger partial charge in [-0.25, -0.2) is 4.79 Å². The normalized spacial score (nSPS) is 45.6. The number of hydrogen-bond donors (Lipinski definition) is 0. The van der Waals surface area contributed by atoms with Crippen LogP contribution in [0.5, 0.6) is 0 Å². The van der Waals surface area contributed by atoms with E-state index in [1.807, 2.05) is 0 Å². The molecule has 1 heterocycles. The molecule has 17 heavy (non-hydrogen) atoms. The molecule has 1 saturated heterocycles. The maximum absolute atomic E-state index is 11.6. The molecule has 2 bridgehead atoms. The molecule has 0 radical (unpaired) electrons. The molecule has 4 nitrogen and oxygen atoms in total. The molecule has 0 aromatic heterocycles. The van der Waals surface area contributed by atoms with Gasteiger partial charge in [0, 0.05) is 17.4 Å². The van der Waals surface area contributed by atoms with Gasteiger partial charge in [-0.2, -0.15) is 5.26 Å². The molecule has 0 aromatic rings. The Hall–Kier alpha value is -1.34. The molecule has 0 spiro atoms. The zero-order valence-electron chi connectivity index (χ0n) is 9.81. The van der Waals surface area contributed by atoms with E-state index in [-0.39, 0.29) is 35.4 Å². The smallest absolute Gasteiger partial charge is 0.333 e. The van der Waals surface area contributed by atoms with E-state index in [9.17, 15) is 10.1 Å². The molecule has 0 N–H and O–H groups in total. The molecule has 5 atom stereocenters. The zero-order chi connectivity index (χ0) is 12.2. The monoisotopic (exact) mass is 233 g/mol. The van der Waals surface area contributed by atoms with Crippen LogP contribution in [-0.4, -0.2) is 24.8 Å². The molecular formula is C13H15NO3. The number of carbonyl (C=O) groups is 1. The van der Waals surface area contributed by atoms with Gasteiger partial charge in [0.15, 0.2) is 0 Å². The highest BCUT2D eigenvalue weighted by molar-refractivity contribution is 5.87. The molecule has 3 rings (SSSR count). The summed E-state index contributed by atoms with van der Waals surface area (Å²) < 4.78 is 11.1. The van der Waals surface area contributed by atoms with Crippen molar-refractivity contribution < 1.29 is 14.3 Å². The average Bonchev–Trinajstić information content (AvgIpc) is 2.87. The lowest BCUT2D eigenvalue weighted by Crippen LogP contribution is -2.39. The summed E-state index contributed by atoms with van der Waals surface area (Å²) in [6.45, 7) is 5.72. The SMILES string of the molecule is C=C(C)C(=O)OC1C2CC3C1OCC3(C#N)C2. The second kappa shape index (κ2) is 3.33. The number of fused-ring (bicyclic) bond motifs is 1. The molecule has 1 aliphatic heterocycles. The Morgan fingerprint density at radius 1 is 1.65 bits per heavy atom. The standard InChI is InChI=1S/C13H15NO3/c1-7(2)12(15)17-10-8-3-9-11(10)16-6-13(9,4-8)5-14/h8-11H,1,3-4,6H2,2H3. The molecule has 0 amide bonds. The van der Waals surface area contributed by atoms with E-state index < -0.39 is 0 Å². The van der Waals surface area contributed by atoms with E-state index in [2.05, 4.69) is 12.6 Å². The molecular weight excluding hydrogens is 218 g/mol. The second-order valence-corrected chi connectivity index (χ2v) is 5.50. The van der Waals surface area contributed by atoms with Gasteiger partial charge in [0.25, 0.3) is 0 Å². The molecule has 2 aliphatic carbocycles. The van der Waals surface area contributed by atoms with E-state index >= 15 is 0 Å². The third-order valence-electron chi connectivity index (χ3n) is 4.43. The fourth-order valence-corrected chi connectivity index (χ4v) is 3.62. The number of hydrogen-bond acceptors (Lipinski definition) is 4. The van der Waals surface area contributed by atoms with Crippen molar-refractivity contribution in [3.63, 3.8) is 0 Å². The van der Waals surface area contributed by atoms with Crippen molar-refractivity contribution in [1.82, 2.24) is 0 Å². The van der Waals surface area contributed by atoms with Crippen molar-refractivity contribution in [3.8, 4) is 6.07 Å². The zero-order valence-corrected chi connectivity index (χ0v) is 9.81. The molecule has 4 heteroatoms. The summed E-state index contributed by atoms with van der Waals surface area (Å²) in [7, 11) is 0. The lowest BCUT2D eigenvalue weighted by molar-refractivity contribution is -0.152. The summed E-state index contributed by atoms with van der Waals surface area (Å²) in [6.07, 6.45) is 1.51. The van der Waals surface area contributed by atoms with Gasteiger partial charge in [-0.1, -0.05) is 6.58 Å². The first-order chi connectivity index (χ1) is 8.07. The fourth-order valence-electron chi connectivity index (χ4n) is 3.62. The van der Waals surface area contributed by atoms with Gasteiger partial charge in [0.05, 0.1) is 24.2 Å². The van der Waals surface area contributed by atoms with Crippen LogP contribution in [0, 0.1) is 28.6 Å². The topological polar surface area (TPSA) is 59.3 Å². The lowest BCUT2D eigenvalue weighted by atomic mass is 9.75. The van der Waals surface area contributed by atoms with Gasteiger partial charge in [0.1, 0.15) is 6.10 Å². The fraction of sp³-hybridized carbons (Fsp3) is 0.692. The van der Waals surface area contributed by atoms with E-state index in [0.29, 0.717) is 12.2 Å². The number of ether oxygens (including phenoxy) is 2. The van der Waals surface area contributed by atoms with Crippen molar-refractivity contribution >= 4 is 5.97 Å². The first-order valence-electron chi connectivity index (χ1n) is 5.97. The van der Waals surface area contributed by atoms with Crippen molar-refractivity contribution in [2.75, 3.05) is 6.61 Å². The number of esters is 1. The quantitative estimate of drug-likeness (QED) is 0.534. The van der Waals surface area contributed by atoms with Crippen LogP contribution in [0.2, 0.25) is 0 Å². The van der Waals surface area contributed by atoms with Gasteiger partial charge in [-0.3, -0.25) is 0 Å². The first kappa shape index (κ1) is 10.8. The van der Waals surface area contributed by atoms with Crippen molar-refractivity contribution in [2.24, 2.45) is 17.3 Å². The van der Waals surface area contributed by atoms with Crippen LogP contribution in [0.15, 0.2) is 12.2 Å². The maximum Gasteiger partial charge on any atom is 0.333 e. The van der Waals surface area contributed by atoms with Gasteiger partial charge in [-0.15, -0.1) is 0 Å². The summed E-state index contributed by atoms with van der Waals surface area (Å²) in [5.41, 5.74) is 0.110. The van der Waals surface area contributed by atoms with E-state index in [4.69, 9.17) is 9.47 Å². The summed E-state index contributed by atoms with van der Waals surface area (Å²) in [4.78, 5) is 11.6. The minimum Gasteiger partial charge on any atom is -0.456 e. The summed E-state index contributed by atoms with van der Waals surface area (Å²) in [5, 5.41) is 9.27. The van der Waals surface area contributed by atoms with Crippen molar-refractivity contribution in [3.05, 3.63) is 12.2 Å². The van der Waals surface area contributed by atoms with Crippen LogP contribution in [0.3, 0.4) is 0 Å². The van der Waals surface area contributed by atoms with Gasteiger partial charge < -0.3 is 9.47 Å². The van der Waals surface area contributed by atoms with E-state index in [1.165, 1.54) is 0 Å². The van der Waals surface area contributed by atoms with Crippen molar-refractivity contribution in [2.45, 2.75) is 32.0 Å². The molecule has 3 aliphatic rings. The summed E-state index contributed by atoms with van der Waals surface area (Å²) in [6, 6.07) is 2.41. The third kappa shape index (κ3) is 1.29. The number of nitrogens with zero attached hydrogens (tertiary/aromatic N) is 1. The molecule has 0 aromatic carbocycles. The Balaban J connectivity index is 1.79. The Morgan fingerprint density at radius 2 is 2.41 bits per heavy atom. The van der Waals surface area contributed by atoms with E-state index in [1.54, 1.807) is 6.92 Å². The van der Waals surface area contributed by atoms with Gasteiger partial charge in [0.2, 0.25) is 0 Å². The minimum absolute atomic E-state index is 0.0725. The number of nitriles is 1. The highest BCUT2D eigenvalue weighted by atomic mass is 16.6. The van der Waals surface area contributed by atoms with Crippen LogP contribution < -0.4 is 0 Å². The number of rotatable bonds is 2. The lowest BCUT2D eigenvalue weighted by Gasteiger charge is -2.29. The minimum atomic E-state index is -0.347. The van der Waals surface area contributed by atoms with Gasteiger partial charge >= 0.3 is 5.97 Å². The van der Waals surface area contributed by atoms with Crippen LogP contribution in [0.4, 0.5) is 0 Å².